The molecular formula is C16H18O4. The molecule has 0 atom stereocenters. The van der Waals surface area contributed by atoms with Gasteiger partial charge in [-0.3, -0.25) is 0 Å². The van der Waals surface area contributed by atoms with Gasteiger partial charge in [0.05, 0.1) is 20.8 Å². The van der Waals surface area contributed by atoms with Crippen LogP contribution in [-0.4, -0.2) is 21.0 Å². The van der Waals surface area contributed by atoms with Crippen LogP contribution >= 0.6 is 0 Å². The van der Waals surface area contributed by atoms with Gasteiger partial charge in [0.15, 0.2) is 6.79 Å². The van der Waals surface area contributed by atoms with Crippen LogP contribution in [0.5, 0.6) is 17.2 Å². The number of benzene rings is 2. The number of hydrogen-bond donors (Lipinski definition) is 0. The Labute approximate surface area is 118 Å². The SMILES string of the molecule is COc1ccc(COCOc2ccc(OC)cc2)cc1. The molecule has 2 aromatic carbocycles. The van der Waals surface area contributed by atoms with E-state index in [4.69, 9.17) is 18.9 Å². The van der Waals surface area contributed by atoms with Crippen LogP contribution in [0.3, 0.4) is 0 Å². The standard InChI is InChI=1S/C16H18O4/c1-17-14-5-3-13(4-6-14)11-19-12-20-16-9-7-15(18-2)8-10-16/h3-10H,11-12H2,1-2H3. The molecule has 0 bridgehead atoms. The van der Waals surface area contributed by atoms with E-state index in [0.29, 0.717) is 6.61 Å². The van der Waals surface area contributed by atoms with E-state index in [9.17, 15) is 0 Å². The molecule has 0 spiro atoms. The molecule has 0 saturated carbocycles. The molecule has 0 radical (unpaired) electrons. The van der Waals surface area contributed by atoms with E-state index >= 15 is 0 Å². The summed E-state index contributed by atoms with van der Waals surface area (Å²) in [5, 5.41) is 0. The number of methoxy groups -OCH3 is 2. The van der Waals surface area contributed by atoms with Crippen molar-refractivity contribution in [2.45, 2.75) is 6.61 Å². The minimum atomic E-state index is 0.207. The van der Waals surface area contributed by atoms with E-state index in [1.807, 2.05) is 48.5 Å². The lowest BCUT2D eigenvalue weighted by atomic mass is 10.2. The number of ether oxygens (including phenoxy) is 4. The maximum Gasteiger partial charge on any atom is 0.189 e. The van der Waals surface area contributed by atoms with E-state index in [-0.39, 0.29) is 6.79 Å². The highest BCUT2D eigenvalue weighted by Gasteiger charge is 1.97. The van der Waals surface area contributed by atoms with Gasteiger partial charge in [0.2, 0.25) is 0 Å². The molecule has 20 heavy (non-hydrogen) atoms. The van der Waals surface area contributed by atoms with E-state index in [2.05, 4.69) is 0 Å². The summed E-state index contributed by atoms with van der Waals surface area (Å²) in [5.74, 6) is 2.39. The molecule has 0 N–H and O–H groups in total. The van der Waals surface area contributed by atoms with Crippen LogP contribution in [0.4, 0.5) is 0 Å². The average Bonchev–Trinajstić information content (AvgIpc) is 2.53. The van der Waals surface area contributed by atoms with Crippen molar-refractivity contribution in [1.82, 2.24) is 0 Å². The zero-order chi connectivity index (χ0) is 14.2. The molecule has 0 aliphatic heterocycles. The van der Waals surface area contributed by atoms with Gasteiger partial charge in [0, 0.05) is 0 Å². The Hall–Kier alpha value is -2.20. The fourth-order valence-corrected chi connectivity index (χ4v) is 1.66. The third kappa shape index (κ3) is 4.17. The second-order valence-corrected chi connectivity index (χ2v) is 4.13. The maximum atomic E-state index is 5.47. The van der Waals surface area contributed by atoms with Crippen LogP contribution in [0, 0.1) is 0 Å². The van der Waals surface area contributed by atoms with Gasteiger partial charge in [0.1, 0.15) is 17.2 Å². The van der Waals surface area contributed by atoms with Gasteiger partial charge in [0.25, 0.3) is 0 Å². The van der Waals surface area contributed by atoms with Crippen molar-refractivity contribution in [1.29, 1.82) is 0 Å². The summed E-state index contributed by atoms with van der Waals surface area (Å²) >= 11 is 0. The summed E-state index contributed by atoms with van der Waals surface area (Å²) in [7, 11) is 3.28. The first kappa shape index (κ1) is 14.2. The van der Waals surface area contributed by atoms with Crippen LogP contribution in [0.1, 0.15) is 5.56 Å². The molecule has 0 saturated heterocycles. The first-order chi connectivity index (χ1) is 9.81. The van der Waals surface area contributed by atoms with Gasteiger partial charge in [-0.05, 0) is 42.0 Å². The summed E-state index contributed by atoms with van der Waals surface area (Å²) in [5.41, 5.74) is 1.07. The summed E-state index contributed by atoms with van der Waals surface area (Å²) in [6.07, 6.45) is 0. The molecule has 0 fully saturated rings. The molecule has 2 aromatic rings. The first-order valence-corrected chi connectivity index (χ1v) is 6.29. The molecule has 4 heteroatoms. The molecule has 0 unspecified atom stereocenters. The second kappa shape index (κ2) is 7.40. The van der Waals surface area contributed by atoms with Crippen LogP contribution in [0.25, 0.3) is 0 Å². The lowest BCUT2D eigenvalue weighted by Gasteiger charge is -2.08. The third-order valence-corrected chi connectivity index (χ3v) is 2.80. The Morgan fingerprint density at radius 3 is 1.75 bits per heavy atom. The molecule has 0 aliphatic carbocycles. The van der Waals surface area contributed by atoms with E-state index in [1.54, 1.807) is 14.2 Å². The summed E-state index contributed by atoms with van der Waals surface area (Å²) < 4.78 is 21.1. The largest absolute Gasteiger partial charge is 0.497 e. The minimum Gasteiger partial charge on any atom is -0.497 e. The van der Waals surface area contributed by atoms with Crippen molar-refractivity contribution in [3.8, 4) is 17.2 Å². The Morgan fingerprint density at radius 2 is 1.20 bits per heavy atom. The van der Waals surface area contributed by atoms with Crippen molar-refractivity contribution in [3.63, 3.8) is 0 Å². The normalized spacial score (nSPS) is 10.1. The second-order valence-electron chi connectivity index (χ2n) is 4.13. The highest BCUT2D eigenvalue weighted by molar-refractivity contribution is 5.31. The van der Waals surface area contributed by atoms with Crippen molar-refractivity contribution in [2.75, 3.05) is 21.0 Å². The topological polar surface area (TPSA) is 36.9 Å². The van der Waals surface area contributed by atoms with Gasteiger partial charge >= 0.3 is 0 Å². The van der Waals surface area contributed by atoms with Crippen molar-refractivity contribution in [2.24, 2.45) is 0 Å². The monoisotopic (exact) mass is 274 g/mol. The Kier molecular flexibility index (Phi) is 5.26. The first-order valence-electron chi connectivity index (χ1n) is 6.29. The minimum absolute atomic E-state index is 0.207. The Morgan fingerprint density at radius 1 is 0.700 bits per heavy atom. The quantitative estimate of drug-likeness (QED) is 0.573. The highest BCUT2D eigenvalue weighted by Crippen LogP contribution is 2.17. The zero-order valence-corrected chi connectivity index (χ0v) is 11.7. The number of rotatable bonds is 7. The molecule has 106 valence electrons. The van der Waals surface area contributed by atoms with Crippen molar-refractivity contribution in [3.05, 3.63) is 54.1 Å². The predicted octanol–water partition coefficient (Wildman–Crippen LogP) is 3.26. The van der Waals surface area contributed by atoms with Crippen LogP contribution < -0.4 is 14.2 Å². The number of hydrogen-bond acceptors (Lipinski definition) is 4. The molecular weight excluding hydrogens is 256 g/mol. The van der Waals surface area contributed by atoms with E-state index in [0.717, 1.165) is 22.8 Å². The van der Waals surface area contributed by atoms with Gasteiger partial charge in [-0.25, -0.2) is 0 Å². The van der Waals surface area contributed by atoms with E-state index < -0.39 is 0 Å². The summed E-state index contributed by atoms with van der Waals surface area (Å²) in [4.78, 5) is 0. The average molecular weight is 274 g/mol. The van der Waals surface area contributed by atoms with Gasteiger partial charge < -0.3 is 18.9 Å². The predicted molar refractivity (Wildman–Crippen MR) is 76.3 cm³/mol. The molecule has 0 aliphatic rings. The van der Waals surface area contributed by atoms with Crippen LogP contribution in [0.2, 0.25) is 0 Å². The van der Waals surface area contributed by atoms with Crippen LogP contribution in [-0.2, 0) is 11.3 Å². The smallest absolute Gasteiger partial charge is 0.189 e. The van der Waals surface area contributed by atoms with Crippen molar-refractivity contribution < 1.29 is 18.9 Å². The molecule has 2 rings (SSSR count). The Bertz CT molecular complexity index is 456. The molecule has 4 nitrogen and oxygen atoms in total. The fourth-order valence-electron chi connectivity index (χ4n) is 1.66. The summed E-state index contributed by atoms with van der Waals surface area (Å²) in [6.45, 7) is 0.707. The fraction of sp³-hybridized carbons (Fsp3) is 0.250. The Balaban J connectivity index is 1.72. The van der Waals surface area contributed by atoms with E-state index in [1.165, 1.54) is 0 Å². The lowest BCUT2D eigenvalue weighted by Crippen LogP contribution is -2.02. The van der Waals surface area contributed by atoms with Crippen molar-refractivity contribution >= 4 is 0 Å². The lowest BCUT2D eigenvalue weighted by molar-refractivity contribution is 0.00501. The molecule has 0 aromatic heterocycles. The van der Waals surface area contributed by atoms with Gasteiger partial charge in [-0.2, -0.15) is 0 Å². The third-order valence-electron chi connectivity index (χ3n) is 2.80. The highest BCUT2D eigenvalue weighted by atomic mass is 16.7. The zero-order valence-electron chi connectivity index (χ0n) is 11.7. The van der Waals surface area contributed by atoms with Crippen LogP contribution in [0.15, 0.2) is 48.5 Å². The van der Waals surface area contributed by atoms with Gasteiger partial charge in [-0.15, -0.1) is 0 Å². The molecule has 0 amide bonds. The maximum absolute atomic E-state index is 5.47. The summed E-state index contributed by atoms with van der Waals surface area (Å²) in [6, 6.07) is 15.1. The van der Waals surface area contributed by atoms with Gasteiger partial charge in [-0.1, -0.05) is 12.1 Å². The molecule has 0 heterocycles.